The number of nitrogens with one attached hydrogen (secondary N) is 1. The lowest BCUT2D eigenvalue weighted by Crippen LogP contribution is -2.13. The number of hydrogen-bond acceptors (Lipinski definition) is 4. The Hall–Kier alpha value is -1.85. The molecule has 0 bridgehead atoms. The molecule has 0 saturated carbocycles. The first-order valence-corrected chi connectivity index (χ1v) is 8.77. The number of fused-ring (bicyclic) bond motifs is 1. The SMILES string of the molecule is Cc1nc2ccc(NC(=O)CSc3ccccc3C)cc2s1. The molecule has 0 unspecified atom stereocenters. The van der Waals surface area contributed by atoms with Gasteiger partial charge in [-0.25, -0.2) is 4.98 Å². The molecule has 5 heteroatoms. The summed E-state index contributed by atoms with van der Waals surface area (Å²) in [6.07, 6.45) is 0. The number of thioether (sulfide) groups is 1. The van der Waals surface area contributed by atoms with E-state index in [1.807, 2.05) is 43.3 Å². The van der Waals surface area contributed by atoms with Crippen LogP contribution in [0.3, 0.4) is 0 Å². The Morgan fingerprint density at radius 2 is 2.05 bits per heavy atom. The summed E-state index contributed by atoms with van der Waals surface area (Å²) >= 11 is 3.20. The van der Waals surface area contributed by atoms with Crippen molar-refractivity contribution in [3.8, 4) is 0 Å². The average molecular weight is 328 g/mol. The summed E-state index contributed by atoms with van der Waals surface area (Å²) in [7, 11) is 0. The highest BCUT2D eigenvalue weighted by molar-refractivity contribution is 8.00. The molecule has 0 aliphatic carbocycles. The number of anilines is 1. The third kappa shape index (κ3) is 3.48. The lowest BCUT2D eigenvalue weighted by Gasteiger charge is -2.06. The molecule has 0 atom stereocenters. The van der Waals surface area contributed by atoms with Gasteiger partial charge in [0.25, 0.3) is 0 Å². The van der Waals surface area contributed by atoms with E-state index in [1.54, 1.807) is 23.1 Å². The van der Waals surface area contributed by atoms with E-state index >= 15 is 0 Å². The van der Waals surface area contributed by atoms with E-state index in [1.165, 1.54) is 5.56 Å². The minimum Gasteiger partial charge on any atom is -0.325 e. The first-order valence-electron chi connectivity index (χ1n) is 6.97. The lowest BCUT2D eigenvalue weighted by atomic mass is 10.2. The number of nitrogens with zero attached hydrogens (tertiary/aromatic N) is 1. The Labute approximate surface area is 137 Å². The summed E-state index contributed by atoms with van der Waals surface area (Å²) < 4.78 is 1.10. The molecular weight excluding hydrogens is 312 g/mol. The number of rotatable bonds is 4. The fourth-order valence-electron chi connectivity index (χ4n) is 2.18. The molecule has 3 nitrogen and oxygen atoms in total. The largest absolute Gasteiger partial charge is 0.325 e. The van der Waals surface area contributed by atoms with Gasteiger partial charge in [-0.3, -0.25) is 4.79 Å². The maximum absolute atomic E-state index is 12.1. The zero-order chi connectivity index (χ0) is 15.5. The van der Waals surface area contributed by atoms with Gasteiger partial charge in [-0.15, -0.1) is 23.1 Å². The van der Waals surface area contributed by atoms with Crippen LogP contribution in [0.4, 0.5) is 5.69 Å². The summed E-state index contributed by atoms with van der Waals surface area (Å²) in [5.41, 5.74) is 3.00. The molecule has 0 spiro atoms. The molecule has 22 heavy (non-hydrogen) atoms. The molecule has 112 valence electrons. The molecular formula is C17H16N2OS2. The van der Waals surface area contributed by atoms with Crippen LogP contribution in [-0.4, -0.2) is 16.6 Å². The van der Waals surface area contributed by atoms with Gasteiger partial charge in [-0.1, -0.05) is 18.2 Å². The second kappa shape index (κ2) is 6.50. The van der Waals surface area contributed by atoms with E-state index in [0.29, 0.717) is 5.75 Å². The molecule has 3 rings (SSSR count). The van der Waals surface area contributed by atoms with Crippen molar-refractivity contribution in [1.29, 1.82) is 0 Å². The van der Waals surface area contributed by atoms with Crippen LogP contribution in [0.1, 0.15) is 10.6 Å². The molecule has 1 aromatic heterocycles. The topological polar surface area (TPSA) is 42.0 Å². The number of hydrogen-bond donors (Lipinski definition) is 1. The molecule has 3 aromatic rings. The maximum Gasteiger partial charge on any atom is 0.234 e. The van der Waals surface area contributed by atoms with Crippen molar-refractivity contribution in [3.63, 3.8) is 0 Å². The molecule has 1 heterocycles. The Morgan fingerprint density at radius 1 is 1.23 bits per heavy atom. The van der Waals surface area contributed by atoms with Crippen molar-refractivity contribution < 1.29 is 4.79 Å². The monoisotopic (exact) mass is 328 g/mol. The van der Waals surface area contributed by atoms with Crippen LogP contribution < -0.4 is 5.32 Å². The molecule has 2 aromatic carbocycles. The van der Waals surface area contributed by atoms with Crippen LogP contribution in [-0.2, 0) is 4.79 Å². The number of carbonyl (C=O) groups is 1. The van der Waals surface area contributed by atoms with Gasteiger partial charge < -0.3 is 5.32 Å². The summed E-state index contributed by atoms with van der Waals surface area (Å²) in [4.78, 5) is 17.7. The Morgan fingerprint density at radius 3 is 2.86 bits per heavy atom. The Bertz CT molecular complexity index is 826. The van der Waals surface area contributed by atoms with E-state index in [-0.39, 0.29) is 5.91 Å². The number of thiazole rings is 1. The zero-order valence-electron chi connectivity index (χ0n) is 12.4. The summed E-state index contributed by atoms with van der Waals surface area (Å²) in [6, 6.07) is 13.9. The predicted molar refractivity (Wildman–Crippen MR) is 94.9 cm³/mol. The van der Waals surface area contributed by atoms with Crippen molar-refractivity contribution >= 4 is 44.9 Å². The summed E-state index contributed by atoms with van der Waals surface area (Å²) in [5.74, 6) is 0.416. The first kappa shape index (κ1) is 15.1. The van der Waals surface area contributed by atoms with E-state index in [2.05, 4.69) is 23.3 Å². The molecule has 0 aliphatic heterocycles. The van der Waals surface area contributed by atoms with Crippen molar-refractivity contribution in [2.45, 2.75) is 18.7 Å². The highest BCUT2D eigenvalue weighted by Gasteiger charge is 2.07. The van der Waals surface area contributed by atoms with Crippen LogP contribution >= 0.6 is 23.1 Å². The van der Waals surface area contributed by atoms with E-state index in [4.69, 9.17) is 0 Å². The molecule has 0 saturated heterocycles. The predicted octanol–water partition coefficient (Wildman–Crippen LogP) is 4.64. The number of benzene rings is 2. The fourth-order valence-corrected chi connectivity index (χ4v) is 3.87. The van der Waals surface area contributed by atoms with Gasteiger partial charge in [-0.2, -0.15) is 0 Å². The minimum atomic E-state index is 0.00819. The third-order valence-corrected chi connectivity index (χ3v) is 5.34. The maximum atomic E-state index is 12.1. The fraction of sp³-hybridized carbons (Fsp3) is 0.176. The number of aryl methyl sites for hydroxylation is 2. The summed E-state index contributed by atoms with van der Waals surface area (Å²) in [5, 5.41) is 3.99. The normalized spacial score (nSPS) is 10.8. The van der Waals surface area contributed by atoms with Gasteiger partial charge in [0.05, 0.1) is 21.0 Å². The second-order valence-corrected chi connectivity index (χ2v) is 7.27. The number of amides is 1. The third-order valence-electron chi connectivity index (χ3n) is 3.23. The lowest BCUT2D eigenvalue weighted by molar-refractivity contribution is -0.113. The Balaban J connectivity index is 1.64. The zero-order valence-corrected chi connectivity index (χ0v) is 14.1. The van der Waals surface area contributed by atoms with Crippen molar-refractivity contribution in [2.24, 2.45) is 0 Å². The molecule has 1 N–H and O–H groups in total. The highest BCUT2D eigenvalue weighted by atomic mass is 32.2. The van der Waals surface area contributed by atoms with Gasteiger partial charge in [0.1, 0.15) is 0 Å². The van der Waals surface area contributed by atoms with Crippen molar-refractivity contribution in [1.82, 2.24) is 4.98 Å². The second-order valence-electron chi connectivity index (χ2n) is 5.02. The summed E-state index contributed by atoms with van der Waals surface area (Å²) in [6.45, 7) is 4.04. The van der Waals surface area contributed by atoms with Crippen LogP contribution in [0.25, 0.3) is 10.2 Å². The molecule has 1 amide bonds. The number of carbonyl (C=O) groups excluding carboxylic acids is 1. The van der Waals surface area contributed by atoms with Gasteiger partial charge in [0, 0.05) is 10.6 Å². The Kier molecular flexibility index (Phi) is 4.45. The van der Waals surface area contributed by atoms with Crippen LogP contribution in [0.5, 0.6) is 0 Å². The average Bonchev–Trinajstić information content (AvgIpc) is 2.86. The standard InChI is InChI=1S/C17H16N2OS2/c1-11-5-3-4-6-15(11)21-10-17(20)19-13-7-8-14-16(9-13)22-12(2)18-14/h3-9H,10H2,1-2H3,(H,19,20). The van der Waals surface area contributed by atoms with E-state index < -0.39 is 0 Å². The molecule has 0 fully saturated rings. The van der Waals surface area contributed by atoms with Crippen LogP contribution in [0, 0.1) is 13.8 Å². The highest BCUT2D eigenvalue weighted by Crippen LogP contribution is 2.25. The van der Waals surface area contributed by atoms with Gasteiger partial charge in [0.2, 0.25) is 5.91 Å². The smallest absolute Gasteiger partial charge is 0.234 e. The van der Waals surface area contributed by atoms with E-state index in [9.17, 15) is 4.79 Å². The quantitative estimate of drug-likeness (QED) is 0.709. The molecule has 0 aliphatic rings. The van der Waals surface area contributed by atoms with Gasteiger partial charge >= 0.3 is 0 Å². The number of aromatic nitrogens is 1. The molecule has 0 radical (unpaired) electrons. The minimum absolute atomic E-state index is 0.00819. The van der Waals surface area contributed by atoms with Gasteiger partial charge in [-0.05, 0) is 43.7 Å². The van der Waals surface area contributed by atoms with Crippen molar-refractivity contribution in [3.05, 3.63) is 53.0 Å². The van der Waals surface area contributed by atoms with Crippen LogP contribution in [0.15, 0.2) is 47.4 Å². The van der Waals surface area contributed by atoms with E-state index in [0.717, 1.165) is 25.8 Å². The van der Waals surface area contributed by atoms with Gasteiger partial charge in [0.15, 0.2) is 0 Å². The first-order chi connectivity index (χ1) is 10.6. The van der Waals surface area contributed by atoms with Crippen molar-refractivity contribution in [2.75, 3.05) is 11.1 Å². The van der Waals surface area contributed by atoms with Crippen LogP contribution in [0.2, 0.25) is 0 Å².